The highest BCUT2D eigenvalue weighted by molar-refractivity contribution is 5.66. The largest absolute Gasteiger partial charge is 0.501 e. The van der Waals surface area contributed by atoms with Crippen LogP contribution in [0.5, 0.6) is 0 Å². The number of hydrogen-bond donors (Lipinski definition) is 1. The molecular weight excluding hydrogens is 258 g/mol. The van der Waals surface area contributed by atoms with Crippen molar-refractivity contribution in [3.05, 3.63) is 53.0 Å². The molecule has 100 valence electrons. The van der Waals surface area contributed by atoms with E-state index >= 15 is 0 Å². The molecule has 0 saturated heterocycles. The van der Waals surface area contributed by atoms with Gasteiger partial charge in [0.05, 0.1) is 25.3 Å². The van der Waals surface area contributed by atoms with Crippen LogP contribution >= 0.6 is 0 Å². The highest BCUT2D eigenvalue weighted by Crippen LogP contribution is 2.23. The van der Waals surface area contributed by atoms with Gasteiger partial charge in [0, 0.05) is 36.0 Å². The molecule has 7 heteroatoms. The number of hydrogen-bond acceptors (Lipinski definition) is 4. The molecule has 1 aliphatic heterocycles. The van der Waals surface area contributed by atoms with Gasteiger partial charge in [0.1, 0.15) is 5.69 Å². The first kappa shape index (κ1) is 11.0. The smallest absolute Gasteiger partial charge is 0.251 e. The van der Waals surface area contributed by atoms with Crippen LogP contribution in [0.4, 0.5) is 0 Å². The maximum Gasteiger partial charge on any atom is 0.251 e. The Bertz CT molecular complexity index is 870. The zero-order valence-electron chi connectivity index (χ0n) is 10.5. The Morgan fingerprint density at radius 1 is 1.30 bits per heavy atom. The number of aromatic amines is 1. The van der Waals surface area contributed by atoms with Crippen LogP contribution in [-0.4, -0.2) is 31.0 Å². The molecule has 0 aromatic carbocycles. The summed E-state index contributed by atoms with van der Waals surface area (Å²) in [6, 6.07) is 1.43. The van der Waals surface area contributed by atoms with E-state index in [0.717, 1.165) is 23.2 Å². The molecule has 0 aliphatic carbocycles. The van der Waals surface area contributed by atoms with E-state index in [1.807, 2.05) is 6.20 Å². The highest BCUT2D eigenvalue weighted by Gasteiger charge is 2.13. The van der Waals surface area contributed by atoms with Crippen molar-refractivity contribution in [2.45, 2.75) is 6.42 Å². The second-order valence-electron chi connectivity index (χ2n) is 4.57. The molecule has 0 fully saturated rings. The van der Waals surface area contributed by atoms with Crippen molar-refractivity contribution in [3.8, 4) is 5.69 Å². The topological polar surface area (TPSA) is 77.2 Å². The van der Waals surface area contributed by atoms with Gasteiger partial charge < -0.3 is 9.72 Å². The first-order chi connectivity index (χ1) is 9.81. The van der Waals surface area contributed by atoms with Crippen molar-refractivity contribution in [3.63, 3.8) is 0 Å². The van der Waals surface area contributed by atoms with Crippen LogP contribution in [-0.2, 0) is 4.74 Å². The van der Waals surface area contributed by atoms with Gasteiger partial charge in [0.2, 0.25) is 0 Å². The first-order valence-electron chi connectivity index (χ1n) is 6.24. The first-order valence-corrected chi connectivity index (χ1v) is 6.24. The molecule has 0 bridgehead atoms. The molecule has 7 nitrogen and oxygen atoms in total. The summed E-state index contributed by atoms with van der Waals surface area (Å²) in [7, 11) is 0. The van der Waals surface area contributed by atoms with E-state index in [4.69, 9.17) is 4.74 Å². The summed E-state index contributed by atoms with van der Waals surface area (Å²) >= 11 is 0. The lowest BCUT2D eigenvalue weighted by atomic mass is 10.1. The molecular formula is C13H11N5O2. The molecule has 3 aromatic heterocycles. The van der Waals surface area contributed by atoms with Crippen molar-refractivity contribution >= 4 is 11.2 Å². The second kappa shape index (κ2) is 4.09. The minimum Gasteiger partial charge on any atom is -0.501 e. The van der Waals surface area contributed by atoms with E-state index in [0.29, 0.717) is 12.3 Å². The molecule has 0 spiro atoms. The fraction of sp³-hybridized carbons (Fsp3) is 0.154. The van der Waals surface area contributed by atoms with Crippen LogP contribution < -0.4 is 5.56 Å². The monoisotopic (exact) mass is 269 g/mol. The molecule has 3 aromatic rings. The van der Waals surface area contributed by atoms with Crippen molar-refractivity contribution in [1.82, 2.24) is 24.4 Å². The molecule has 0 amide bonds. The average molecular weight is 269 g/mol. The third-order valence-corrected chi connectivity index (χ3v) is 3.30. The van der Waals surface area contributed by atoms with E-state index in [2.05, 4.69) is 15.2 Å². The molecule has 0 radical (unpaired) electrons. The van der Waals surface area contributed by atoms with Crippen LogP contribution in [0.3, 0.4) is 0 Å². The Morgan fingerprint density at radius 3 is 3.10 bits per heavy atom. The number of nitrogens with one attached hydrogen (secondary N) is 1. The van der Waals surface area contributed by atoms with Crippen LogP contribution in [0, 0.1) is 0 Å². The third kappa shape index (κ3) is 1.63. The summed E-state index contributed by atoms with van der Waals surface area (Å²) in [5.74, 6) is 0. The number of ether oxygens (including phenoxy) is 1. The van der Waals surface area contributed by atoms with Crippen LogP contribution in [0.2, 0.25) is 0 Å². The van der Waals surface area contributed by atoms with Gasteiger partial charge >= 0.3 is 0 Å². The summed E-state index contributed by atoms with van der Waals surface area (Å²) in [6.07, 6.45) is 9.63. The molecule has 4 heterocycles. The molecule has 1 N–H and O–H groups in total. The predicted molar refractivity (Wildman–Crippen MR) is 71.5 cm³/mol. The Balaban J connectivity index is 1.83. The van der Waals surface area contributed by atoms with E-state index in [1.165, 1.54) is 6.07 Å². The molecule has 4 rings (SSSR count). The van der Waals surface area contributed by atoms with Crippen LogP contribution in [0.25, 0.3) is 16.9 Å². The van der Waals surface area contributed by atoms with Crippen molar-refractivity contribution in [2.24, 2.45) is 0 Å². The summed E-state index contributed by atoms with van der Waals surface area (Å²) < 4.78 is 8.54. The second-order valence-corrected chi connectivity index (χ2v) is 4.57. The lowest BCUT2D eigenvalue weighted by Gasteiger charge is -1.98. The lowest BCUT2D eigenvalue weighted by Crippen LogP contribution is -2.07. The van der Waals surface area contributed by atoms with Gasteiger partial charge in [0.25, 0.3) is 5.56 Å². The average Bonchev–Trinajstić information content (AvgIpc) is 3.17. The highest BCUT2D eigenvalue weighted by atomic mass is 16.5. The van der Waals surface area contributed by atoms with Gasteiger partial charge in [0.15, 0.2) is 5.65 Å². The minimum atomic E-state index is -0.168. The van der Waals surface area contributed by atoms with Gasteiger partial charge in [-0.3, -0.25) is 4.79 Å². The van der Waals surface area contributed by atoms with Crippen molar-refractivity contribution in [1.29, 1.82) is 0 Å². The van der Waals surface area contributed by atoms with E-state index in [1.54, 1.807) is 34.0 Å². The number of nitrogens with zero attached hydrogens (tertiary/aromatic N) is 4. The molecule has 0 atom stereocenters. The number of rotatable bonds is 2. The Morgan fingerprint density at radius 2 is 2.25 bits per heavy atom. The minimum absolute atomic E-state index is 0.168. The fourth-order valence-corrected chi connectivity index (χ4v) is 2.27. The predicted octanol–water partition coefficient (Wildman–Crippen LogP) is 0.969. The SMILES string of the molecule is O=c1ccn2ncc(-n3cc(C4=COCC4)cn3)c2[nH]1. The van der Waals surface area contributed by atoms with E-state index in [-0.39, 0.29) is 5.56 Å². The summed E-state index contributed by atoms with van der Waals surface area (Å²) in [4.78, 5) is 14.2. The summed E-state index contributed by atoms with van der Waals surface area (Å²) in [5.41, 5.74) is 3.32. The lowest BCUT2D eigenvalue weighted by molar-refractivity contribution is 0.281. The Labute approximate surface area is 113 Å². The zero-order valence-corrected chi connectivity index (χ0v) is 10.5. The van der Waals surface area contributed by atoms with Gasteiger partial charge in [-0.15, -0.1) is 0 Å². The van der Waals surface area contributed by atoms with Crippen molar-refractivity contribution < 1.29 is 4.74 Å². The maximum atomic E-state index is 11.4. The van der Waals surface area contributed by atoms with Gasteiger partial charge in [-0.25, -0.2) is 9.20 Å². The quantitative estimate of drug-likeness (QED) is 0.752. The Kier molecular flexibility index (Phi) is 2.26. The van der Waals surface area contributed by atoms with E-state index < -0.39 is 0 Å². The maximum absolute atomic E-state index is 11.4. The standard InChI is InChI=1S/C13H11N5O2/c19-12-1-3-17-13(16-12)11(6-15-17)18-7-10(5-14-18)9-2-4-20-8-9/h1,3,5-8H,2,4H2,(H,16,19). The van der Waals surface area contributed by atoms with Gasteiger partial charge in [-0.1, -0.05) is 0 Å². The van der Waals surface area contributed by atoms with Crippen molar-refractivity contribution in [2.75, 3.05) is 6.61 Å². The zero-order chi connectivity index (χ0) is 13.5. The molecule has 1 aliphatic rings. The van der Waals surface area contributed by atoms with E-state index in [9.17, 15) is 4.79 Å². The number of aromatic nitrogens is 5. The van der Waals surface area contributed by atoms with Crippen LogP contribution in [0.1, 0.15) is 12.0 Å². The third-order valence-electron chi connectivity index (χ3n) is 3.30. The normalized spacial score (nSPS) is 14.5. The summed E-state index contributed by atoms with van der Waals surface area (Å²) in [6.45, 7) is 0.713. The number of fused-ring (bicyclic) bond motifs is 1. The molecule has 20 heavy (non-hydrogen) atoms. The summed E-state index contributed by atoms with van der Waals surface area (Å²) in [5, 5.41) is 8.52. The fourth-order valence-electron chi connectivity index (χ4n) is 2.27. The molecule has 0 saturated carbocycles. The van der Waals surface area contributed by atoms with Crippen LogP contribution in [0.15, 0.2) is 41.9 Å². The number of H-pyrrole nitrogens is 1. The Hall–Kier alpha value is -2.83. The molecule has 0 unspecified atom stereocenters. The van der Waals surface area contributed by atoms with Gasteiger partial charge in [-0.2, -0.15) is 10.2 Å². The van der Waals surface area contributed by atoms with Gasteiger partial charge in [-0.05, 0) is 0 Å².